The number of ether oxygens (including phenoxy) is 1. The predicted octanol–water partition coefficient (Wildman–Crippen LogP) is 2.89. The summed E-state index contributed by atoms with van der Waals surface area (Å²) >= 11 is 5.96. The number of nitrogens with one attached hydrogen (secondary N) is 1. The van der Waals surface area contributed by atoms with Gasteiger partial charge in [-0.05, 0) is 44.5 Å². The number of anilines is 1. The summed E-state index contributed by atoms with van der Waals surface area (Å²) in [7, 11) is 1.52. The standard InChI is InChI=1S/C16H21ClN2O4.ClH/c1-10(19-7-3-4-11(9-19)16(21)22)15(20)18-13-8-12(17)5-6-14(13)23-2;/h5-6,8,10-11H,3-4,7,9H2,1-2H3,(H,18,20)(H,21,22);1H. The molecule has 1 amide bonds. The lowest BCUT2D eigenvalue weighted by Gasteiger charge is -2.34. The molecule has 1 fully saturated rings. The number of piperidine rings is 1. The van der Waals surface area contributed by atoms with Gasteiger partial charge in [-0.3, -0.25) is 14.5 Å². The van der Waals surface area contributed by atoms with E-state index in [1.54, 1.807) is 25.1 Å². The minimum atomic E-state index is -0.807. The molecule has 1 aromatic carbocycles. The second-order valence-electron chi connectivity index (χ2n) is 5.68. The number of rotatable bonds is 5. The van der Waals surface area contributed by atoms with Gasteiger partial charge in [-0.2, -0.15) is 0 Å². The van der Waals surface area contributed by atoms with Gasteiger partial charge in [-0.15, -0.1) is 12.4 Å². The first kappa shape index (κ1) is 20.5. The number of hydrogen-bond donors (Lipinski definition) is 2. The number of benzene rings is 1. The molecular weight excluding hydrogens is 355 g/mol. The number of carbonyl (C=O) groups excluding carboxylic acids is 1. The number of carbonyl (C=O) groups is 2. The van der Waals surface area contributed by atoms with Crippen LogP contribution in [-0.2, 0) is 9.59 Å². The molecule has 134 valence electrons. The maximum absolute atomic E-state index is 12.5. The van der Waals surface area contributed by atoms with Crippen LogP contribution in [0.3, 0.4) is 0 Å². The normalized spacial score (nSPS) is 19.0. The lowest BCUT2D eigenvalue weighted by Crippen LogP contribution is -2.48. The van der Waals surface area contributed by atoms with Gasteiger partial charge < -0.3 is 15.2 Å². The van der Waals surface area contributed by atoms with Crippen LogP contribution in [0.15, 0.2) is 18.2 Å². The molecule has 1 saturated heterocycles. The lowest BCUT2D eigenvalue weighted by atomic mass is 9.97. The fourth-order valence-corrected chi connectivity index (χ4v) is 2.91. The van der Waals surface area contributed by atoms with Crippen molar-refractivity contribution >= 4 is 41.6 Å². The number of aliphatic carboxylic acids is 1. The van der Waals surface area contributed by atoms with Crippen LogP contribution in [0.25, 0.3) is 0 Å². The first-order chi connectivity index (χ1) is 10.9. The summed E-state index contributed by atoms with van der Waals surface area (Å²) in [5.74, 6) is -0.910. The minimum Gasteiger partial charge on any atom is -0.495 e. The van der Waals surface area contributed by atoms with E-state index in [1.807, 2.05) is 4.90 Å². The quantitative estimate of drug-likeness (QED) is 0.825. The smallest absolute Gasteiger partial charge is 0.307 e. The van der Waals surface area contributed by atoms with E-state index in [0.717, 1.165) is 6.42 Å². The zero-order valence-corrected chi connectivity index (χ0v) is 15.2. The molecule has 24 heavy (non-hydrogen) atoms. The highest BCUT2D eigenvalue weighted by Crippen LogP contribution is 2.28. The third-order valence-electron chi connectivity index (χ3n) is 4.15. The Kier molecular flexibility index (Phi) is 7.79. The van der Waals surface area contributed by atoms with E-state index in [1.165, 1.54) is 7.11 Å². The van der Waals surface area contributed by atoms with Gasteiger partial charge in [0.15, 0.2) is 0 Å². The van der Waals surface area contributed by atoms with Crippen LogP contribution in [0.5, 0.6) is 5.75 Å². The monoisotopic (exact) mass is 376 g/mol. The number of nitrogens with zero attached hydrogens (tertiary/aromatic N) is 1. The Morgan fingerprint density at radius 3 is 2.79 bits per heavy atom. The molecule has 1 aliphatic rings. The van der Waals surface area contributed by atoms with Crippen LogP contribution in [-0.4, -0.2) is 48.1 Å². The second kappa shape index (κ2) is 9.11. The van der Waals surface area contributed by atoms with Gasteiger partial charge in [-0.25, -0.2) is 0 Å². The molecule has 0 radical (unpaired) electrons. The van der Waals surface area contributed by atoms with Gasteiger partial charge in [0.05, 0.1) is 24.8 Å². The Hall–Kier alpha value is -1.50. The van der Waals surface area contributed by atoms with Crippen LogP contribution in [0, 0.1) is 5.92 Å². The molecule has 0 bridgehead atoms. The molecule has 2 N–H and O–H groups in total. The van der Waals surface area contributed by atoms with Gasteiger partial charge in [0.25, 0.3) is 0 Å². The van der Waals surface area contributed by atoms with Gasteiger partial charge in [-0.1, -0.05) is 11.6 Å². The molecular formula is C16H22Cl2N2O4. The molecule has 2 atom stereocenters. The third-order valence-corrected chi connectivity index (χ3v) is 4.38. The average Bonchev–Trinajstić information content (AvgIpc) is 2.54. The molecule has 2 unspecified atom stereocenters. The zero-order chi connectivity index (χ0) is 17.0. The molecule has 6 nitrogen and oxygen atoms in total. The summed E-state index contributed by atoms with van der Waals surface area (Å²) in [6, 6.07) is 4.56. The number of carboxylic acids is 1. The molecule has 0 aliphatic carbocycles. The highest BCUT2D eigenvalue weighted by molar-refractivity contribution is 6.31. The van der Waals surface area contributed by atoms with Crippen molar-refractivity contribution in [2.45, 2.75) is 25.8 Å². The first-order valence-corrected chi connectivity index (χ1v) is 7.91. The summed E-state index contributed by atoms with van der Waals surface area (Å²) in [5.41, 5.74) is 0.503. The summed E-state index contributed by atoms with van der Waals surface area (Å²) in [5, 5.41) is 12.5. The van der Waals surface area contributed by atoms with Crippen molar-refractivity contribution in [2.24, 2.45) is 5.92 Å². The van der Waals surface area contributed by atoms with E-state index in [9.17, 15) is 9.59 Å². The first-order valence-electron chi connectivity index (χ1n) is 7.53. The van der Waals surface area contributed by atoms with Crippen molar-refractivity contribution in [1.29, 1.82) is 0 Å². The maximum Gasteiger partial charge on any atom is 0.307 e. The van der Waals surface area contributed by atoms with E-state index < -0.39 is 17.9 Å². The van der Waals surface area contributed by atoms with Crippen molar-refractivity contribution in [2.75, 3.05) is 25.5 Å². The Morgan fingerprint density at radius 2 is 2.17 bits per heavy atom. The fourth-order valence-electron chi connectivity index (χ4n) is 2.74. The molecule has 0 aromatic heterocycles. The number of amides is 1. The maximum atomic E-state index is 12.5. The SMILES string of the molecule is COc1ccc(Cl)cc1NC(=O)C(C)N1CCCC(C(=O)O)C1.Cl. The topological polar surface area (TPSA) is 78.9 Å². The van der Waals surface area contributed by atoms with Gasteiger partial charge >= 0.3 is 5.97 Å². The van der Waals surface area contributed by atoms with E-state index >= 15 is 0 Å². The number of likely N-dealkylation sites (tertiary alicyclic amines) is 1. The Balaban J connectivity index is 0.00000288. The summed E-state index contributed by atoms with van der Waals surface area (Å²) < 4.78 is 5.21. The number of halogens is 2. The number of hydrogen-bond acceptors (Lipinski definition) is 4. The van der Waals surface area contributed by atoms with Gasteiger partial charge in [0.2, 0.25) is 5.91 Å². The van der Waals surface area contributed by atoms with Crippen LogP contribution in [0.4, 0.5) is 5.69 Å². The number of methoxy groups -OCH3 is 1. The summed E-state index contributed by atoms with van der Waals surface area (Å²) in [6.07, 6.45) is 1.43. The van der Waals surface area contributed by atoms with E-state index in [0.29, 0.717) is 36.0 Å². The summed E-state index contributed by atoms with van der Waals surface area (Å²) in [4.78, 5) is 25.5. The van der Waals surface area contributed by atoms with Crippen LogP contribution in [0.1, 0.15) is 19.8 Å². The number of carboxylic acid groups (broad SMARTS) is 1. The largest absolute Gasteiger partial charge is 0.495 e. The van der Waals surface area contributed by atoms with E-state index in [4.69, 9.17) is 21.4 Å². The highest BCUT2D eigenvalue weighted by atomic mass is 35.5. The summed E-state index contributed by atoms with van der Waals surface area (Å²) in [6.45, 7) is 2.87. The van der Waals surface area contributed by atoms with Crippen molar-refractivity contribution in [3.63, 3.8) is 0 Å². The molecule has 0 spiro atoms. The van der Waals surface area contributed by atoms with Gasteiger partial charge in [0, 0.05) is 11.6 Å². The predicted molar refractivity (Wildman–Crippen MR) is 95.3 cm³/mol. The Labute approximate surface area is 152 Å². The van der Waals surface area contributed by atoms with Gasteiger partial charge in [0.1, 0.15) is 5.75 Å². The second-order valence-corrected chi connectivity index (χ2v) is 6.12. The molecule has 0 saturated carbocycles. The zero-order valence-electron chi connectivity index (χ0n) is 13.6. The molecule has 1 aromatic rings. The third kappa shape index (κ3) is 5.00. The molecule has 8 heteroatoms. The van der Waals surface area contributed by atoms with Crippen LogP contribution >= 0.6 is 24.0 Å². The van der Waals surface area contributed by atoms with Crippen molar-refractivity contribution in [3.05, 3.63) is 23.2 Å². The van der Waals surface area contributed by atoms with Crippen LogP contribution in [0.2, 0.25) is 5.02 Å². The molecule has 2 rings (SSSR count). The fraction of sp³-hybridized carbons (Fsp3) is 0.500. The lowest BCUT2D eigenvalue weighted by molar-refractivity contribution is -0.144. The highest BCUT2D eigenvalue weighted by Gasteiger charge is 2.30. The molecule has 1 heterocycles. The van der Waals surface area contributed by atoms with Crippen molar-refractivity contribution in [1.82, 2.24) is 4.90 Å². The Bertz CT molecular complexity index is 597. The van der Waals surface area contributed by atoms with E-state index in [-0.39, 0.29) is 18.3 Å². The van der Waals surface area contributed by atoms with Crippen molar-refractivity contribution < 1.29 is 19.4 Å². The van der Waals surface area contributed by atoms with Crippen LogP contribution < -0.4 is 10.1 Å². The average molecular weight is 377 g/mol. The molecule has 1 aliphatic heterocycles. The van der Waals surface area contributed by atoms with E-state index in [2.05, 4.69) is 5.32 Å². The minimum absolute atomic E-state index is 0. The Morgan fingerprint density at radius 1 is 1.46 bits per heavy atom. The van der Waals surface area contributed by atoms with Crippen molar-refractivity contribution in [3.8, 4) is 5.75 Å².